The highest BCUT2D eigenvalue weighted by molar-refractivity contribution is 7.89. The number of benzene rings is 2. The number of sulfonamides is 1. The van der Waals surface area contributed by atoms with Crippen LogP contribution in [0.1, 0.15) is 30.5 Å². The van der Waals surface area contributed by atoms with Crippen LogP contribution in [0.3, 0.4) is 0 Å². The van der Waals surface area contributed by atoms with E-state index < -0.39 is 27.7 Å². The van der Waals surface area contributed by atoms with Crippen LogP contribution in [0.25, 0.3) is 0 Å². The van der Waals surface area contributed by atoms with Crippen molar-refractivity contribution in [2.75, 3.05) is 0 Å². The zero-order valence-corrected chi connectivity index (χ0v) is 13.1. The quantitative estimate of drug-likeness (QED) is 0.911. The molecule has 0 radical (unpaired) electrons. The standard InChI is InChI=1S/C16H17F2NO2S/c1-3-16(12-6-9-14(17)15(18)10-12)19-22(20,21)13-7-4-11(2)5-8-13/h4-10,16,19H,3H2,1-2H3/t16-/m0/s1. The maximum Gasteiger partial charge on any atom is 0.241 e. The molecule has 0 unspecified atom stereocenters. The van der Waals surface area contributed by atoms with Gasteiger partial charge in [-0.2, -0.15) is 0 Å². The van der Waals surface area contributed by atoms with Crippen LogP contribution in [0.15, 0.2) is 47.4 Å². The van der Waals surface area contributed by atoms with Crippen molar-refractivity contribution >= 4 is 10.0 Å². The molecule has 3 nitrogen and oxygen atoms in total. The molecule has 6 heteroatoms. The van der Waals surface area contributed by atoms with Crippen molar-refractivity contribution in [1.29, 1.82) is 0 Å². The summed E-state index contributed by atoms with van der Waals surface area (Å²) >= 11 is 0. The molecule has 0 fully saturated rings. The minimum Gasteiger partial charge on any atom is -0.207 e. The normalized spacial score (nSPS) is 13.1. The van der Waals surface area contributed by atoms with Gasteiger partial charge >= 0.3 is 0 Å². The second-order valence-corrected chi connectivity index (χ2v) is 6.78. The van der Waals surface area contributed by atoms with E-state index in [0.29, 0.717) is 12.0 Å². The largest absolute Gasteiger partial charge is 0.241 e. The molecule has 0 bridgehead atoms. The zero-order valence-electron chi connectivity index (χ0n) is 12.3. The molecule has 2 rings (SSSR count). The molecule has 2 aromatic carbocycles. The van der Waals surface area contributed by atoms with E-state index in [-0.39, 0.29) is 4.90 Å². The average Bonchev–Trinajstić information content (AvgIpc) is 2.48. The highest BCUT2D eigenvalue weighted by atomic mass is 32.2. The lowest BCUT2D eigenvalue weighted by Crippen LogP contribution is -2.28. The smallest absolute Gasteiger partial charge is 0.207 e. The van der Waals surface area contributed by atoms with Gasteiger partial charge in [-0.15, -0.1) is 0 Å². The summed E-state index contributed by atoms with van der Waals surface area (Å²) in [5.41, 5.74) is 1.34. The summed E-state index contributed by atoms with van der Waals surface area (Å²) in [6.07, 6.45) is 0.413. The van der Waals surface area contributed by atoms with Crippen LogP contribution in [0.4, 0.5) is 8.78 Å². The highest BCUT2D eigenvalue weighted by Gasteiger charge is 2.21. The van der Waals surface area contributed by atoms with Crippen LogP contribution in [-0.4, -0.2) is 8.42 Å². The van der Waals surface area contributed by atoms with Crippen molar-refractivity contribution in [1.82, 2.24) is 4.72 Å². The molecule has 0 aliphatic rings. The third-order valence-corrected chi connectivity index (χ3v) is 4.87. The lowest BCUT2D eigenvalue weighted by atomic mass is 10.1. The van der Waals surface area contributed by atoms with E-state index in [1.165, 1.54) is 18.2 Å². The first-order valence-electron chi connectivity index (χ1n) is 6.87. The van der Waals surface area contributed by atoms with Gasteiger partial charge in [-0.25, -0.2) is 21.9 Å². The van der Waals surface area contributed by atoms with Gasteiger partial charge in [0.15, 0.2) is 11.6 Å². The Labute approximate surface area is 129 Å². The fraction of sp³-hybridized carbons (Fsp3) is 0.250. The number of hydrogen-bond acceptors (Lipinski definition) is 2. The highest BCUT2D eigenvalue weighted by Crippen LogP contribution is 2.22. The second-order valence-electron chi connectivity index (χ2n) is 5.07. The Morgan fingerprint density at radius 2 is 1.68 bits per heavy atom. The summed E-state index contributed by atoms with van der Waals surface area (Å²) in [4.78, 5) is 0.138. The number of hydrogen-bond donors (Lipinski definition) is 1. The Bertz CT molecular complexity index is 758. The third kappa shape index (κ3) is 3.69. The maximum absolute atomic E-state index is 13.3. The van der Waals surface area contributed by atoms with Gasteiger partial charge < -0.3 is 0 Å². The Morgan fingerprint density at radius 3 is 2.23 bits per heavy atom. The summed E-state index contributed by atoms with van der Waals surface area (Å²) in [6.45, 7) is 3.63. The van der Waals surface area contributed by atoms with Crippen molar-refractivity contribution in [3.8, 4) is 0 Å². The molecular formula is C16H17F2NO2S. The van der Waals surface area contributed by atoms with Crippen molar-refractivity contribution in [3.05, 3.63) is 65.2 Å². The molecule has 0 heterocycles. The first-order valence-corrected chi connectivity index (χ1v) is 8.35. The molecule has 0 aromatic heterocycles. The monoisotopic (exact) mass is 325 g/mol. The average molecular weight is 325 g/mol. The Balaban J connectivity index is 2.29. The minimum atomic E-state index is -3.73. The molecule has 1 atom stereocenters. The van der Waals surface area contributed by atoms with E-state index in [4.69, 9.17) is 0 Å². The van der Waals surface area contributed by atoms with Gasteiger partial charge in [0.25, 0.3) is 0 Å². The van der Waals surface area contributed by atoms with Crippen LogP contribution < -0.4 is 4.72 Å². The molecule has 2 aromatic rings. The summed E-state index contributed by atoms with van der Waals surface area (Å²) in [5.74, 6) is -1.95. The SMILES string of the molecule is CC[C@H](NS(=O)(=O)c1ccc(C)cc1)c1ccc(F)c(F)c1. The topological polar surface area (TPSA) is 46.2 Å². The van der Waals surface area contributed by atoms with Crippen LogP contribution in [-0.2, 0) is 10.0 Å². The molecule has 0 amide bonds. The number of aryl methyl sites for hydroxylation is 1. The van der Waals surface area contributed by atoms with Crippen molar-refractivity contribution in [2.45, 2.75) is 31.2 Å². The van der Waals surface area contributed by atoms with Crippen LogP contribution in [0.5, 0.6) is 0 Å². The Hall–Kier alpha value is -1.79. The van der Waals surface area contributed by atoms with E-state index in [1.54, 1.807) is 19.1 Å². The Morgan fingerprint density at radius 1 is 1.05 bits per heavy atom. The van der Waals surface area contributed by atoms with Gasteiger partial charge in [-0.05, 0) is 43.2 Å². The molecule has 118 valence electrons. The number of rotatable bonds is 5. The molecule has 0 saturated heterocycles. The van der Waals surface area contributed by atoms with Gasteiger partial charge in [0, 0.05) is 6.04 Å². The molecule has 0 aliphatic heterocycles. The van der Waals surface area contributed by atoms with Crippen LogP contribution in [0.2, 0.25) is 0 Å². The maximum atomic E-state index is 13.3. The molecule has 0 spiro atoms. The minimum absolute atomic E-state index is 0.138. The third-order valence-electron chi connectivity index (χ3n) is 3.38. The molecule has 22 heavy (non-hydrogen) atoms. The first-order chi connectivity index (χ1) is 10.3. The van der Waals surface area contributed by atoms with E-state index in [2.05, 4.69) is 4.72 Å². The molecule has 1 N–H and O–H groups in total. The summed E-state index contributed by atoms with van der Waals surface area (Å²) in [5, 5.41) is 0. The second kappa shape index (κ2) is 6.54. The van der Waals surface area contributed by atoms with Crippen molar-refractivity contribution < 1.29 is 17.2 Å². The van der Waals surface area contributed by atoms with Gasteiger partial charge in [0.1, 0.15) is 0 Å². The van der Waals surface area contributed by atoms with Gasteiger partial charge in [0.05, 0.1) is 4.90 Å². The fourth-order valence-corrected chi connectivity index (χ4v) is 3.40. The van der Waals surface area contributed by atoms with E-state index in [0.717, 1.165) is 17.7 Å². The Kier molecular flexibility index (Phi) is 4.93. The first kappa shape index (κ1) is 16.6. The van der Waals surface area contributed by atoms with Crippen LogP contribution >= 0.6 is 0 Å². The van der Waals surface area contributed by atoms with E-state index in [1.807, 2.05) is 6.92 Å². The van der Waals surface area contributed by atoms with Gasteiger partial charge in [0.2, 0.25) is 10.0 Å². The summed E-state index contributed by atoms with van der Waals surface area (Å²) in [7, 11) is -3.73. The van der Waals surface area contributed by atoms with Crippen molar-refractivity contribution in [3.63, 3.8) is 0 Å². The van der Waals surface area contributed by atoms with Gasteiger partial charge in [-0.1, -0.05) is 30.7 Å². The molecular weight excluding hydrogens is 308 g/mol. The molecule has 0 saturated carbocycles. The van der Waals surface area contributed by atoms with Gasteiger partial charge in [-0.3, -0.25) is 0 Å². The predicted molar refractivity (Wildman–Crippen MR) is 80.9 cm³/mol. The zero-order chi connectivity index (χ0) is 16.3. The lowest BCUT2D eigenvalue weighted by Gasteiger charge is -2.18. The van der Waals surface area contributed by atoms with E-state index in [9.17, 15) is 17.2 Å². The molecule has 0 aliphatic carbocycles. The lowest BCUT2D eigenvalue weighted by molar-refractivity contribution is 0.501. The predicted octanol–water partition coefficient (Wildman–Crippen LogP) is 3.70. The fourth-order valence-electron chi connectivity index (χ4n) is 2.09. The summed E-state index contributed by atoms with van der Waals surface area (Å²) in [6, 6.07) is 9.19. The van der Waals surface area contributed by atoms with Crippen molar-refractivity contribution in [2.24, 2.45) is 0 Å². The van der Waals surface area contributed by atoms with E-state index >= 15 is 0 Å². The van der Waals surface area contributed by atoms with Crippen LogP contribution in [0, 0.1) is 18.6 Å². The number of nitrogens with one attached hydrogen (secondary N) is 1. The number of halogens is 2. The summed E-state index contributed by atoms with van der Waals surface area (Å²) < 4.78 is 53.6.